The van der Waals surface area contributed by atoms with Crippen molar-refractivity contribution in [2.75, 3.05) is 24.4 Å². The fourth-order valence-corrected chi connectivity index (χ4v) is 4.08. The number of carbonyl (C=O) groups is 1. The van der Waals surface area contributed by atoms with Crippen LogP contribution in [0.25, 0.3) is 0 Å². The SMILES string of the molecule is COc1c(C(=O)Nc2cnoc2)nc(N(C)C(c2ccnc(C)c2)c2ccccc2Cl)n(C)c1=O. The molecule has 0 aliphatic rings. The lowest BCUT2D eigenvalue weighted by Crippen LogP contribution is -2.35. The van der Waals surface area contributed by atoms with E-state index in [9.17, 15) is 9.59 Å². The van der Waals surface area contributed by atoms with Gasteiger partial charge in [0.2, 0.25) is 11.7 Å². The smallest absolute Gasteiger partial charge is 0.297 e. The molecule has 4 rings (SSSR count). The van der Waals surface area contributed by atoms with Gasteiger partial charge in [0.05, 0.1) is 19.3 Å². The van der Waals surface area contributed by atoms with Crippen LogP contribution in [0.5, 0.6) is 5.75 Å². The van der Waals surface area contributed by atoms with Crippen LogP contribution in [0.1, 0.15) is 33.4 Å². The first-order chi connectivity index (χ1) is 16.8. The zero-order valence-corrected chi connectivity index (χ0v) is 20.3. The molecule has 0 fully saturated rings. The molecule has 0 aliphatic heterocycles. The molecule has 11 heteroatoms. The van der Waals surface area contributed by atoms with E-state index in [1.807, 2.05) is 37.3 Å². The molecule has 3 aromatic heterocycles. The Balaban J connectivity index is 1.87. The number of carbonyl (C=O) groups excluding carboxylic acids is 1. The third-order valence-electron chi connectivity index (χ3n) is 5.47. The summed E-state index contributed by atoms with van der Waals surface area (Å²) in [5.41, 5.74) is 2.11. The largest absolute Gasteiger partial charge is 0.489 e. The molecule has 0 saturated carbocycles. The lowest BCUT2D eigenvalue weighted by molar-refractivity contribution is 0.101. The fourth-order valence-electron chi connectivity index (χ4n) is 3.84. The average Bonchev–Trinajstić information content (AvgIpc) is 3.35. The molecule has 3 heterocycles. The number of aryl methyl sites for hydroxylation is 1. The van der Waals surface area contributed by atoms with Gasteiger partial charge in [-0.25, -0.2) is 4.98 Å². The molecule has 1 N–H and O–H groups in total. The lowest BCUT2D eigenvalue weighted by Gasteiger charge is -2.32. The summed E-state index contributed by atoms with van der Waals surface area (Å²) in [5, 5.41) is 6.71. The molecule has 0 aliphatic carbocycles. The number of halogens is 1. The Kier molecular flexibility index (Phi) is 6.83. The Bertz CT molecular complexity index is 1420. The van der Waals surface area contributed by atoms with Gasteiger partial charge in [-0.3, -0.25) is 19.1 Å². The molecular weight excluding hydrogens is 472 g/mol. The topological polar surface area (TPSA) is 115 Å². The van der Waals surface area contributed by atoms with E-state index in [0.29, 0.717) is 10.7 Å². The number of methoxy groups -OCH3 is 1. The second-order valence-corrected chi connectivity index (χ2v) is 8.20. The van der Waals surface area contributed by atoms with Gasteiger partial charge in [-0.1, -0.05) is 35.0 Å². The molecule has 4 aromatic rings. The summed E-state index contributed by atoms with van der Waals surface area (Å²) >= 11 is 6.59. The number of pyridine rings is 1. The third-order valence-corrected chi connectivity index (χ3v) is 5.82. The molecule has 1 aromatic carbocycles. The summed E-state index contributed by atoms with van der Waals surface area (Å²) in [5.74, 6) is -0.607. The number of rotatable bonds is 7. The van der Waals surface area contributed by atoms with Crippen molar-refractivity contribution in [1.82, 2.24) is 19.7 Å². The van der Waals surface area contributed by atoms with Crippen molar-refractivity contribution in [3.63, 3.8) is 0 Å². The van der Waals surface area contributed by atoms with Crippen molar-refractivity contribution >= 4 is 29.1 Å². The van der Waals surface area contributed by atoms with Gasteiger partial charge in [-0.2, -0.15) is 0 Å². The Labute approximate surface area is 206 Å². The van der Waals surface area contributed by atoms with Crippen LogP contribution in [0.3, 0.4) is 0 Å². The first-order valence-corrected chi connectivity index (χ1v) is 10.9. The van der Waals surface area contributed by atoms with Gasteiger partial charge in [0.25, 0.3) is 11.5 Å². The molecular formula is C24H23ClN6O4. The van der Waals surface area contributed by atoms with E-state index in [2.05, 4.69) is 20.4 Å². The number of ether oxygens (including phenoxy) is 1. The Morgan fingerprint density at radius 2 is 2.06 bits per heavy atom. The van der Waals surface area contributed by atoms with Crippen molar-refractivity contribution in [3.05, 3.63) is 92.9 Å². The first kappa shape index (κ1) is 24.0. The lowest BCUT2D eigenvalue weighted by atomic mass is 9.97. The van der Waals surface area contributed by atoms with E-state index in [4.69, 9.17) is 20.9 Å². The average molecular weight is 495 g/mol. The second kappa shape index (κ2) is 9.98. The minimum atomic E-state index is -0.647. The summed E-state index contributed by atoms with van der Waals surface area (Å²) in [6.45, 7) is 1.89. The summed E-state index contributed by atoms with van der Waals surface area (Å²) in [7, 11) is 4.65. The van der Waals surface area contributed by atoms with Crippen LogP contribution in [0.2, 0.25) is 5.02 Å². The molecule has 0 spiro atoms. The minimum absolute atomic E-state index is 0.178. The third kappa shape index (κ3) is 4.73. The Hall–Kier alpha value is -4.18. The predicted octanol–water partition coefficient (Wildman–Crippen LogP) is 3.61. The molecule has 10 nitrogen and oxygen atoms in total. The molecule has 1 amide bonds. The number of hydrogen-bond donors (Lipinski definition) is 1. The van der Waals surface area contributed by atoms with E-state index in [0.717, 1.165) is 16.8 Å². The number of hydrogen-bond acceptors (Lipinski definition) is 8. The molecule has 0 radical (unpaired) electrons. The Morgan fingerprint density at radius 1 is 1.29 bits per heavy atom. The van der Waals surface area contributed by atoms with Gasteiger partial charge in [0.1, 0.15) is 12.0 Å². The normalized spacial score (nSPS) is 11.7. The van der Waals surface area contributed by atoms with E-state index >= 15 is 0 Å². The maximum atomic E-state index is 13.2. The van der Waals surface area contributed by atoms with Crippen LogP contribution >= 0.6 is 11.6 Å². The van der Waals surface area contributed by atoms with Gasteiger partial charge in [0, 0.05) is 31.0 Å². The Morgan fingerprint density at radius 3 is 2.71 bits per heavy atom. The zero-order valence-electron chi connectivity index (χ0n) is 19.5. The van der Waals surface area contributed by atoms with Crippen LogP contribution in [0.4, 0.5) is 11.6 Å². The number of anilines is 2. The highest BCUT2D eigenvalue weighted by Gasteiger charge is 2.28. The standard InChI is InChI=1S/C24H23ClN6O4/c1-14-11-15(9-10-26-14)20(17-7-5-6-8-18(17)25)30(2)24-29-19(21(34-4)23(33)31(24)3)22(32)28-16-12-27-35-13-16/h5-13,20H,1-4H3,(H,28,32). The van der Waals surface area contributed by atoms with Gasteiger partial charge < -0.3 is 19.5 Å². The number of aromatic nitrogens is 4. The van der Waals surface area contributed by atoms with Crippen molar-refractivity contribution in [2.24, 2.45) is 7.05 Å². The van der Waals surface area contributed by atoms with Gasteiger partial charge in [-0.15, -0.1) is 0 Å². The highest BCUT2D eigenvalue weighted by Crippen LogP contribution is 2.35. The maximum Gasteiger partial charge on any atom is 0.297 e. The van der Waals surface area contributed by atoms with Crippen molar-refractivity contribution < 1.29 is 14.1 Å². The highest BCUT2D eigenvalue weighted by atomic mass is 35.5. The van der Waals surface area contributed by atoms with Crippen LogP contribution < -0.4 is 20.5 Å². The van der Waals surface area contributed by atoms with E-state index in [1.165, 1.54) is 24.1 Å². The number of amides is 1. The van der Waals surface area contributed by atoms with Crippen molar-refractivity contribution in [2.45, 2.75) is 13.0 Å². The summed E-state index contributed by atoms with van der Waals surface area (Å²) in [4.78, 5) is 36.8. The summed E-state index contributed by atoms with van der Waals surface area (Å²) in [6, 6.07) is 10.8. The van der Waals surface area contributed by atoms with Gasteiger partial charge in [0.15, 0.2) is 5.69 Å². The van der Waals surface area contributed by atoms with Crippen LogP contribution in [-0.2, 0) is 7.05 Å². The van der Waals surface area contributed by atoms with E-state index in [-0.39, 0.29) is 17.4 Å². The van der Waals surface area contributed by atoms with Gasteiger partial charge >= 0.3 is 0 Å². The van der Waals surface area contributed by atoms with Crippen LogP contribution in [-0.4, -0.2) is 39.8 Å². The number of benzene rings is 1. The number of nitrogens with one attached hydrogen (secondary N) is 1. The van der Waals surface area contributed by atoms with Crippen LogP contribution in [0.15, 0.2) is 64.4 Å². The maximum absolute atomic E-state index is 13.2. The zero-order chi connectivity index (χ0) is 25.1. The molecule has 0 bridgehead atoms. The van der Waals surface area contributed by atoms with Crippen molar-refractivity contribution in [3.8, 4) is 5.75 Å². The van der Waals surface area contributed by atoms with E-state index in [1.54, 1.807) is 31.3 Å². The van der Waals surface area contributed by atoms with Crippen molar-refractivity contribution in [1.29, 1.82) is 0 Å². The second-order valence-electron chi connectivity index (χ2n) is 7.79. The fraction of sp³-hybridized carbons (Fsp3) is 0.208. The summed E-state index contributed by atoms with van der Waals surface area (Å²) in [6.07, 6.45) is 4.30. The molecule has 35 heavy (non-hydrogen) atoms. The molecule has 0 saturated heterocycles. The monoisotopic (exact) mass is 494 g/mol. The molecule has 180 valence electrons. The predicted molar refractivity (Wildman–Crippen MR) is 131 cm³/mol. The molecule has 1 atom stereocenters. The minimum Gasteiger partial charge on any atom is -0.489 e. The quantitative estimate of drug-likeness (QED) is 0.414. The molecule has 1 unspecified atom stereocenters. The van der Waals surface area contributed by atoms with E-state index < -0.39 is 17.5 Å². The van der Waals surface area contributed by atoms with Crippen LogP contribution in [0, 0.1) is 6.92 Å². The number of nitrogens with zero attached hydrogens (tertiary/aromatic N) is 5. The first-order valence-electron chi connectivity index (χ1n) is 10.6. The van der Waals surface area contributed by atoms with Gasteiger partial charge in [-0.05, 0) is 36.2 Å². The summed E-state index contributed by atoms with van der Waals surface area (Å²) < 4.78 is 11.3. The highest BCUT2D eigenvalue weighted by molar-refractivity contribution is 6.31.